The normalized spacial score (nSPS) is 20.7. The lowest BCUT2D eigenvalue weighted by Gasteiger charge is -2.31. The summed E-state index contributed by atoms with van der Waals surface area (Å²) in [5.41, 5.74) is 0.751. The number of hydrogen-bond donors (Lipinski definition) is 0. The highest BCUT2D eigenvalue weighted by Crippen LogP contribution is 2.23. The summed E-state index contributed by atoms with van der Waals surface area (Å²) in [6, 6.07) is 5.55. The van der Waals surface area contributed by atoms with Crippen molar-refractivity contribution in [1.82, 2.24) is 9.88 Å². The van der Waals surface area contributed by atoms with E-state index >= 15 is 0 Å². The van der Waals surface area contributed by atoms with Gasteiger partial charge in [0.15, 0.2) is 0 Å². The minimum Gasteiger partial charge on any atom is -0.473 e. The Morgan fingerprint density at radius 2 is 2.22 bits per heavy atom. The fourth-order valence-electron chi connectivity index (χ4n) is 2.12. The summed E-state index contributed by atoms with van der Waals surface area (Å²) in [7, 11) is 0. The van der Waals surface area contributed by atoms with Crippen molar-refractivity contribution in [2.24, 2.45) is 0 Å². The molecule has 0 radical (unpaired) electrons. The predicted octanol–water partition coefficient (Wildman–Crippen LogP) is 2.20. The SMILES string of the molecule is CC(C)(C)N1CCC(Oc2ccc(C#N)cn2)C1. The van der Waals surface area contributed by atoms with Gasteiger partial charge in [0.25, 0.3) is 0 Å². The van der Waals surface area contributed by atoms with Gasteiger partial charge < -0.3 is 4.74 Å². The van der Waals surface area contributed by atoms with Gasteiger partial charge in [0.1, 0.15) is 12.2 Å². The Hall–Kier alpha value is -1.60. The second kappa shape index (κ2) is 4.95. The van der Waals surface area contributed by atoms with E-state index in [1.54, 1.807) is 18.3 Å². The zero-order chi connectivity index (χ0) is 13.2. The second-order valence-corrected chi connectivity index (χ2v) is 5.64. The van der Waals surface area contributed by atoms with E-state index in [-0.39, 0.29) is 11.6 Å². The van der Waals surface area contributed by atoms with Crippen LogP contribution in [-0.2, 0) is 0 Å². The Morgan fingerprint density at radius 3 is 2.72 bits per heavy atom. The van der Waals surface area contributed by atoms with Crippen LogP contribution in [-0.4, -0.2) is 34.6 Å². The molecule has 2 rings (SSSR count). The number of pyridine rings is 1. The zero-order valence-electron chi connectivity index (χ0n) is 11.2. The largest absolute Gasteiger partial charge is 0.473 e. The summed E-state index contributed by atoms with van der Waals surface area (Å²) in [5.74, 6) is 0.606. The summed E-state index contributed by atoms with van der Waals surface area (Å²) < 4.78 is 5.84. The van der Waals surface area contributed by atoms with E-state index < -0.39 is 0 Å². The standard InChI is InChI=1S/C14H19N3O/c1-14(2,3)17-7-6-12(10-17)18-13-5-4-11(8-15)9-16-13/h4-5,9,12H,6-7,10H2,1-3H3. The van der Waals surface area contributed by atoms with Crippen LogP contribution < -0.4 is 4.74 Å². The van der Waals surface area contributed by atoms with Crippen molar-refractivity contribution in [3.05, 3.63) is 23.9 Å². The number of rotatable bonds is 2. The first-order valence-corrected chi connectivity index (χ1v) is 6.27. The van der Waals surface area contributed by atoms with E-state index in [1.807, 2.05) is 6.07 Å². The van der Waals surface area contributed by atoms with Gasteiger partial charge in [0.05, 0.1) is 5.56 Å². The van der Waals surface area contributed by atoms with Crippen molar-refractivity contribution in [1.29, 1.82) is 5.26 Å². The number of nitriles is 1. The van der Waals surface area contributed by atoms with E-state index in [2.05, 4.69) is 30.7 Å². The molecule has 1 aromatic heterocycles. The molecular formula is C14H19N3O. The van der Waals surface area contributed by atoms with E-state index in [0.717, 1.165) is 19.5 Å². The number of nitrogens with zero attached hydrogens (tertiary/aromatic N) is 3. The topological polar surface area (TPSA) is 49.1 Å². The van der Waals surface area contributed by atoms with Crippen molar-refractivity contribution in [2.45, 2.75) is 38.8 Å². The monoisotopic (exact) mass is 245 g/mol. The molecule has 4 nitrogen and oxygen atoms in total. The predicted molar refractivity (Wildman–Crippen MR) is 69.3 cm³/mol. The zero-order valence-corrected chi connectivity index (χ0v) is 11.2. The summed E-state index contributed by atoms with van der Waals surface area (Å²) in [4.78, 5) is 6.55. The molecule has 1 fully saturated rings. The molecule has 1 aliphatic rings. The van der Waals surface area contributed by atoms with Crippen LogP contribution in [0.3, 0.4) is 0 Å². The lowest BCUT2D eigenvalue weighted by molar-refractivity contribution is 0.138. The van der Waals surface area contributed by atoms with Gasteiger partial charge in [-0.05, 0) is 33.3 Å². The minimum absolute atomic E-state index is 0.191. The molecule has 0 saturated carbocycles. The molecule has 0 bridgehead atoms. The summed E-state index contributed by atoms with van der Waals surface area (Å²) in [6.07, 6.45) is 2.77. The van der Waals surface area contributed by atoms with Crippen molar-refractivity contribution >= 4 is 0 Å². The first-order chi connectivity index (χ1) is 8.49. The number of likely N-dealkylation sites (tertiary alicyclic amines) is 1. The molecule has 0 aliphatic carbocycles. The van der Waals surface area contributed by atoms with E-state index in [1.165, 1.54) is 0 Å². The number of aromatic nitrogens is 1. The van der Waals surface area contributed by atoms with Crippen LogP contribution in [0.1, 0.15) is 32.8 Å². The summed E-state index contributed by atoms with van der Waals surface area (Å²) >= 11 is 0. The summed E-state index contributed by atoms with van der Waals surface area (Å²) in [5, 5.41) is 8.70. The van der Waals surface area contributed by atoms with Crippen molar-refractivity contribution < 1.29 is 4.74 Å². The van der Waals surface area contributed by atoms with Crippen LogP contribution in [0.15, 0.2) is 18.3 Å². The second-order valence-electron chi connectivity index (χ2n) is 5.64. The minimum atomic E-state index is 0.191. The molecule has 0 aromatic carbocycles. The maximum absolute atomic E-state index is 8.70. The smallest absolute Gasteiger partial charge is 0.213 e. The van der Waals surface area contributed by atoms with Gasteiger partial charge >= 0.3 is 0 Å². The van der Waals surface area contributed by atoms with Gasteiger partial charge in [-0.15, -0.1) is 0 Å². The number of ether oxygens (including phenoxy) is 1. The Balaban J connectivity index is 1.93. The molecule has 1 unspecified atom stereocenters. The summed E-state index contributed by atoms with van der Waals surface area (Å²) in [6.45, 7) is 8.65. The molecular weight excluding hydrogens is 226 g/mol. The van der Waals surface area contributed by atoms with Crippen LogP contribution in [0, 0.1) is 11.3 Å². The van der Waals surface area contributed by atoms with Crippen molar-refractivity contribution in [2.75, 3.05) is 13.1 Å². The number of hydrogen-bond acceptors (Lipinski definition) is 4. The van der Waals surface area contributed by atoms with Gasteiger partial charge in [-0.3, -0.25) is 4.90 Å². The van der Waals surface area contributed by atoms with Crippen molar-refractivity contribution in [3.63, 3.8) is 0 Å². The lowest BCUT2D eigenvalue weighted by atomic mass is 10.1. The van der Waals surface area contributed by atoms with Crippen LogP contribution in [0.2, 0.25) is 0 Å². The Bertz CT molecular complexity index is 442. The van der Waals surface area contributed by atoms with E-state index in [9.17, 15) is 0 Å². The van der Waals surface area contributed by atoms with Crippen molar-refractivity contribution in [3.8, 4) is 11.9 Å². The molecule has 96 valence electrons. The van der Waals surface area contributed by atoms with Gasteiger partial charge in [-0.25, -0.2) is 4.98 Å². The van der Waals surface area contributed by atoms with Crippen LogP contribution in [0.4, 0.5) is 0 Å². The third-order valence-corrected chi connectivity index (χ3v) is 3.25. The van der Waals surface area contributed by atoms with Gasteiger partial charge in [-0.1, -0.05) is 0 Å². The van der Waals surface area contributed by atoms with Crippen LogP contribution in [0.25, 0.3) is 0 Å². The molecule has 0 N–H and O–H groups in total. The Labute approximate surface area is 108 Å². The van der Waals surface area contributed by atoms with Gasteiger partial charge in [0, 0.05) is 30.9 Å². The lowest BCUT2D eigenvalue weighted by Crippen LogP contribution is -2.40. The fourth-order valence-corrected chi connectivity index (χ4v) is 2.12. The van der Waals surface area contributed by atoms with Crippen LogP contribution in [0.5, 0.6) is 5.88 Å². The highest BCUT2D eigenvalue weighted by atomic mass is 16.5. The molecule has 0 spiro atoms. The first-order valence-electron chi connectivity index (χ1n) is 6.27. The fraction of sp³-hybridized carbons (Fsp3) is 0.571. The van der Waals surface area contributed by atoms with Crippen LogP contribution >= 0.6 is 0 Å². The maximum atomic E-state index is 8.70. The Kier molecular flexibility index (Phi) is 3.53. The Morgan fingerprint density at radius 1 is 1.44 bits per heavy atom. The quantitative estimate of drug-likeness (QED) is 0.801. The molecule has 18 heavy (non-hydrogen) atoms. The highest BCUT2D eigenvalue weighted by Gasteiger charge is 2.31. The van der Waals surface area contributed by atoms with Gasteiger partial charge in [-0.2, -0.15) is 5.26 Å². The van der Waals surface area contributed by atoms with Gasteiger partial charge in [0.2, 0.25) is 5.88 Å². The first kappa shape index (κ1) is 12.8. The molecule has 1 aromatic rings. The van der Waals surface area contributed by atoms with E-state index in [4.69, 9.17) is 10.00 Å². The van der Waals surface area contributed by atoms with E-state index in [0.29, 0.717) is 11.4 Å². The molecule has 1 atom stereocenters. The molecule has 1 saturated heterocycles. The highest BCUT2D eigenvalue weighted by molar-refractivity contribution is 5.28. The average Bonchev–Trinajstić information content (AvgIpc) is 2.78. The molecule has 2 heterocycles. The molecule has 4 heteroatoms. The molecule has 1 aliphatic heterocycles. The molecule has 0 amide bonds. The third kappa shape index (κ3) is 2.99. The maximum Gasteiger partial charge on any atom is 0.213 e. The average molecular weight is 245 g/mol. The third-order valence-electron chi connectivity index (χ3n) is 3.25.